The highest BCUT2D eigenvalue weighted by atomic mass is 16.3. The maximum atomic E-state index is 8.94. The van der Waals surface area contributed by atoms with Crippen LogP contribution in [0.15, 0.2) is 0 Å². The first-order chi connectivity index (χ1) is 4.52. The Hall–Kier alpha value is -0.0800. The summed E-state index contributed by atoms with van der Waals surface area (Å²) in [6, 6.07) is 0.641. The molecule has 0 aromatic carbocycles. The predicted octanol–water partition coefficient (Wildman–Crippen LogP) is 0.755. The molecule has 1 aliphatic rings. The van der Waals surface area contributed by atoms with Crippen LogP contribution in [0.25, 0.3) is 0 Å². The Bertz CT molecular complexity index is 120. The van der Waals surface area contributed by atoms with E-state index in [1.54, 1.807) is 0 Å². The largest absolute Gasteiger partial charge is 0.392 e. The molecular weight excluding hydrogens is 126 g/mol. The lowest BCUT2D eigenvalue weighted by molar-refractivity contribution is 0.189. The van der Waals surface area contributed by atoms with Crippen LogP contribution in [0.3, 0.4) is 0 Å². The molecular formula is C8H17NO. The van der Waals surface area contributed by atoms with Gasteiger partial charge in [-0.3, -0.25) is 0 Å². The fourth-order valence-corrected chi connectivity index (χ4v) is 1.13. The normalized spacial score (nSPS) is 31.8. The summed E-state index contributed by atoms with van der Waals surface area (Å²) in [7, 11) is 0. The van der Waals surface area contributed by atoms with Crippen molar-refractivity contribution in [3.05, 3.63) is 0 Å². The Balaban J connectivity index is 2.07. The number of hydrogen-bond donors (Lipinski definition) is 2. The number of aliphatic hydroxyl groups is 1. The van der Waals surface area contributed by atoms with Gasteiger partial charge < -0.3 is 10.4 Å². The van der Waals surface area contributed by atoms with Gasteiger partial charge in [0.1, 0.15) is 0 Å². The zero-order valence-corrected chi connectivity index (χ0v) is 7.02. The molecule has 0 radical (unpaired) electrons. The van der Waals surface area contributed by atoms with Gasteiger partial charge in [0.2, 0.25) is 0 Å². The fraction of sp³-hybridized carbons (Fsp3) is 1.00. The molecule has 0 aromatic rings. The van der Waals surface area contributed by atoms with Gasteiger partial charge in [-0.15, -0.1) is 0 Å². The van der Waals surface area contributed by atoms with Gasteiger partial charge in [0.25, 0.3) is 0 Å². The third-order valence-electron chi connectivity index (χ3n) is 2.17. The summed E-state index contributed by atoms with van der Waals surface area (Å²) in [6.45, 7) is 7.02. The van der Waals surface area contributed by atoms with E-state index in [4.69, 9.17) is 5.11 Å². The van der Waals surface area contributed by atoms with Gasteiger partial charge in [-0.2, -0.15) is 0 Å². The van der Waals surface area contributed by atoms with Crippen LogP contribution in [-0.4, -0.2) is 23.8 Å². The molecule has 1 fully saturated rings. The van der Waals surface area contributed by atoms with E-state index in [2.05, 4.69) is 19.2 Å². The Morgan fingerprint density at radius 3 is 2.50 bits per heavy atom. The molecule has 0 spiro atoms. The minimum absolute atomic E-state index is 0.212. The fourth-order valence-electron chi connectivity index (χ4n) is 1.13. The molecule has 2 heteroatoms. The van der Waals surface area contributed by atoms with Gasteiger partial charge in [-0.25, -0.2) is 0 Å². The van der Waals surface area contributed by atoms with Crippen LogP contribution in [0.4, 0.5) is 0 Å². The van der Waals surface area contributed by atoms with Crippen molar-refractivity contribution < 1.29 is 5.11 Å². The van der Waals surface area contributed by atoms with E-state index in [1.165, 1.54) is 6.42 Å². The molecule has 0 aromatic heterocycles. The number of hydrogen-bond acceptors (Lipinski definition) is 2. The average Bonchev–Trinajstić information content (AvgIpc) is 2.35. The van der Waals surface area contributed by atoms with Gasteiger partial charge in [-0.05, 0) is 18.8 Å². The van der Waals surface area contributed by atoms with Crippen LogP contribution < -0.4 is 5.32 Å². The van der Waals surface area contributed by atoms with E-state index in [0.29, 0.717) is 11.5 Å². The molecule has 0 aliphatic heterocycles. The summed E-state index contributed by atoms with van der Waals surface area (Å²) in [4.78, 5) is 0. The quantitative estimate of drug-likeness (QED) is 0.611. The molecule has 2 atom stereocenters. The summed E-state index contributed by atoms with van der Waals surface area (Å²) in [6.07, 6.45) is 1.04. The van der Waals surface area contributed by atoms with Gasteiger partial charge >= 0.3 is 0 Å². The smallest absolute Gasteiger partial charge is 0.0636 e. The Morgan fingerprint density at radius 2 is 2.20 bits per heavy atom. The highest BCUT2D eigenvalue weighted by Gasteiger charge is 2.44. The maximum absolute atomic E-state index is 8.94. The van der Waals surface area contributed by atoms with E-state index < -0.39 is 0 Å². The van der Waals surface area contributed by atoms with Crippen molar-refractivity contribution in [3.63, 3.8) is 0 Å². The Kier molecular flexibility index (Phi) is 2.02. The molecule has 1 saturated carbocycles. The van der Waals surface area contributed by atoms with Crippen LogP contribution in [0, 0.1) is 5.41 Å². The predicted molar refractivity (Wildman–Crippen MR) is 41.9 cm³/mol. The molecule has 2 nitrogen and oxygen atoms in total. The summed E-state index contributed by atoms with van der Waals surface area (Å²) in [5, 5.41) is 12.2. The second kappa shape index (κ2) is 2.51. The van der Waals surface area contributed by atoms with Gasteiger partial charge in [0.05, 0.1) is 6.10 Å². The lowest BCUT2D eigenvalue weighted by atomic mass is 10.2. The van der Waals surface area contributed by atoms with Crippen molar-refractivity contribution >= 4 is 0 Å². The number of nitrogens with one attached hydrogen (secondary N) is 1. The third kappa shape index (κ3) is 1.96. The van der Waals surface area contributed by atoms with Crippen LogP contribution in [0.1, 0.15) is 27.2 Å². The average molecular weight is 143 g/mol. The zero-order chi connectivity index (χ0) is 7.78. The van der Waals surface area contributed by atoms with Crippen LogP contribution in [-0.2, 0) is 0 Å². The highest BCUT2D eigenvalue weighted by molar-refractivity contribution is 5.01. The van der Waals surface area contributed by atoms with Gasteiger partial charge in [0, 0.05) is 12.6 Å². The summed E-state index contributed by atoms with van der Waals surface area (Å²) in [5.74, 6) is 0. The molecule has 2 unspecified atom stereocenters. The SMILES string of the molecule is CC(O)CNC1CC1(C)C. The van der Waals surface area contributed by atoms with Crippen molar-refractivity contribution in [1.29, 1.82) is 0 Å². The minimum atomic E-state index is -0.212. The molecule has 0 bridgehead atoms. The first kappa shape index (κ1) is 8.02. The minimum Gasteiger partial charge on any atom is -0.392 e. The standard InChI is InChI=1S/C8H17NO/c1-6(10)5-9-7-4-8(7,2)3/h6-7,9-10H,4-5H2,1-3H3. The first-order valence-electron chi connectivity index (χ1n) is 3.94. The van der Waals surface area contributed by atoms with E-state index in [-0.39, 0.29) is 6.10 Å². The van der Waals surface area contributed by atoms with E-state index >= 15 is 0 Å². The molecule has 1 rings (SSSR count). The molecule has 2 N–H and O–H groups in total. The van der Waals surface area contributed by atoms with Crippen molar-refractivity contribution in [2.75, 3.05) is 6.54 Å². The maximum Gasteiger partial charge on any atom is 0.0636 e. The third-order valence-corrected chi connectivity index (χ3v) is 2.17. The van der Waals surface area contributed by atoms with Crippen molar-refractivity contribution in [3.8, 4) is 0 Å². The van der Waals surface area contributed by atoms with Gasteiger partial charge in [-0.1, -0.05) is 13.8 Å². The van der Waals surface area contributed by atoms with Crippen molar-refractivity contribution in [2.24, 2.45) is 5.41 Å². The molecule has 10 heavy (non-hydrogen) atoms. The highest BCUT2D eigenvalue weighted by Crippen LogP contribution is 2.44. The van der Waals surface area contributed by atoms with Crippen LogP contribution in [0.2, 0.25) is 0 Å². The molecule has 0 saturated heterocycles. The second-order valence-corrected chi connectivity index (χ2v) is 4.00. The molecule has 0 heterocycles. The Labute approximate surface area is 62.6 Å². The van der Waals surface area contributed by atoms with E-state index in [0.717, 1.165) is 6.54 Å². The monoisotopic (exact) mass is 143 g/mol. The van der Waals surface area contributed by atoms with E-state index in [1.807, 2.05) is 6.92 Å². The topological polar surface area (TPSA) is 32.3 Å². The molecule has 60 valence electrons. The zero-order valence-electron chi connectivity index (χ0n) is 7.02. The first-order valence-corrected chi connectivity index (χ1v) is 3.94. The van der Waals surface area contributed by atoms with Crippen molar-refractivity contribution in [1.82, 2.24) is 5.32 Å². The molecule has 1 aliphatic carbocycles. The van der Waals surface area contributed by atoms with Gasteiger partial charge in [0.15, 0.2) is 0 Å². The van der Waals surface area contributed by atoms with Crippen LogP contribution in [0.5, 0.6) is 0 Å². The second-order valence-electron chi connectivity index (χ2n) is 4.00. The number of aliphatic hydroxyl groups excluding tert-OH is 1. The lowest BCUT2D eigenvalue weighted by Gasteiger charge is -2.07. The number of rotatable bonds is 3. The lowest BCUT2D eigenvalue weighted by Crippen LogP contribution is -2.28. The Morgan fingerprint density at radius 1 is 1.70 bits per heavy atom. The molecule has 0 amide bonds. The van der Waals surface area contributed by atoms with E-state index in [9.17, 15) is 0 Å². The van der Waals surface area contributed by atoms with Crippen LogP contribution >= 0.6 is 0 Å². The summed E-state index contributed by atoms with van der Waals surface area (Å²) < 4.78 is 0. The summed E-state index contributed by atoms with van der Waals surface area (Å²) in [5.41, 5.74) is 0.481. The summed E-state index contributed by atoms with van der Waals surface area (Å²) >= 11 is 0. The van der Waals surface area contributed by atoms with Crippen molar-refractivity contribution in [2.45, 2.75) is 39.3 Å².